The van der Waals surface area contributed by atoms with Crippen LogP contribution < -0.4 is 10.2 Å². The summed E-state index contributed by atoms with van der Waals surface area (Å²) in [7, 11) is 3.53. The van der Waals surface area contributed by atoms with Gasteiger partial charge >= 0.3 is 0 Å². The zero-order valence-electron chi connectivity index (χ0n) is 10.6. The Balaban J connectivity index is 2.29. The zero-order chi connectivity index (χ0) is 13.1. The highest BCUT2D eigenvalue weighted by molar-refractivity contribution is 6.33. The lowest BCUT2D eigenvalue weighted by Gasteiger charge is -2.38. The molecule has 1 atom stereocenters. The van der Waals surface area contributed by atoms with Crippen LogP contribution >= 0.6 is 11.6 Å². The van der Waals surface area contributed by atoms with Gasteiger partial charge in [0.25, 0.3) is 0 Å². The lowest BCUT2D eigenvalue weighted by atomic mass is 10.1. The highest BCUT2D eigenvalue weighted by Gasteiger charge is 2.30. The second-order valence-electron chi connectivity index (χ2n) is 4.47. The Bertz CT molecular complexity index is 438. The molecule has 2 heterocycles. The average molecular weight is 269 g/mol. The monoisotopic (exact) mass is 268 g/mol. The summed E-state index contributed by atoms with van der Waals surface area (Å²) in [6.45, 7) is 2.24. The summed E-state index contributed by atoms with van der Waals surface area (Å²) < 4.78 is 0. The van der Waals surface area contributed by atoms with E-state index >= 15 is 0 Å². The molecular formula is C12H17ClN4O. The summed E-state index contributed by atoms with van der Waals surface area (Å²) in [6.07, 6.45) is 3.30. The Morgan fingerprint density at radius 3 is 3.06 bits per heavy atom. The highest BCUT2D eigenvalue weighted by Crippen LogP contribution is 2.26. The maximum Gasteiger partial charge on any atom is 0.246 e. The van der Waals surface area contributed by atoms with Gasteiger partial charge in [0.05, 0.1) is 10.7 Å². The number of anilines is 1. The smallest absolute Gasteiger partial charge is 0.246 e. The number of nitrogens with zero attached hydrogens (tertiary/aromatic N) is 3. The van der Waals surface area contributed by atoms with Crippen molar-refractivity contribution >= 4 is 23.2 Å². The van der Waals surface area contributed by atoms with Gasteiger partial charge in [-0.15, -0.1) is 0 Å². The topological polar surface area (TPSA) is 48.5 Å². The number of piperazine rings is 1. The molecule has 1 aliphatic rings. The fourth-order valence-corrected chi connectivity index (χ4v) is 2.34. The number of hydrogen-bond donors (Lipinski definition) is 1. The molecule has 0 radical (unpaired) electrons. The molecule has 5 nitrogen and oxygen atoms in total. The van der Waals surface area contributed by atoms with Crippen molar-refractivity contribution in [2.45, 2.75) is 6.04 Å². The first kappa shape index (κ1) is 13.1. The number of carbonyl (C=O) groups excluding carboxylic acids is 1. The van der Waals surface area contributed by atoms with E-state index in [4.69, 9.17) is 11.6 Å². The first-order valence-electron chi connectivity index (χ1n) is 5.89. The third-order valence-corrected chi connectivity index (χ3v) is 3.32. The molecule has 1 aromatic heterocycles. The number of aromatic nitrogens is 1. The van der Waals surface area contributed by atoms with Gasteiger partial charge in [-0.2, -0.15) is 0 Å². The van der Waals surface area contributed by atoms with E-state index in [0.717, 1.165) is 18.8 Å². The van der Waals surface area contributed by atoms with E-state index < -0.39 is 0 Å². The molecule has 1 fully saturated rings. The van der Waals surface area contributed by atoms with Crippen molar-refractivity contribution in [1.82, 2.24) is 15.2 Å². The molecule has 98 valence electrons. The number of likely N-dealkylation sites (N-methyl/N-ethyl adjacent to an activating group) is 1. The number of hydrogen-bond acceptors (Lipinski definition) is 4. The molecule has 6 heteroatoms. The van der Waals surface area contributed by atoms with Gasteiger partial charge in [-0.05, 0) is 6.07 Å². The van der Waals surface area contributed by atoms with Gasteiger partial charge in [-0.25, -0.2) is 0 Å². The summed E-state index contributed by atoms with van der Waals surface area (Å²) in [5.74, 6) is 0.0788. The van der Waals surface area contributed by atoms with Crippen LogP contribution in [-0.2, 0) is 4.79 Å². The van der Waals surface area contributed by atoms with E-state index in [1.807, 2.05) is 11.0 Å². The second-order valence-corrected chi connectivity index (χ2v) is 4.88. The zero-order valence-corrected chi connectivity index (χ0v) is 11.3. The largest absolute Gasteiger partial charge is 0.356 e. The van der Waals surface area contributed by atoms with E-state index in [1.165, 1.54) is 0 Å². The summed E-state index contributed by atoms with van der Waals surface area (Å²) in [4.78, 5) is 19.8. The van der Waals surface area contributed by atoms with Crippen LogP contribution in [0.2, 0.25) is 5.02 Å². The number of halogens is 1. The molecule has 2 rings (SSSR count). The Kier molecular flexibility index (Phi) is 4.04. The lowest BCUT2D eigenvalue weighted by molar-refractivity contribution is -0.130. The summed E-state index contributed by atoms with van der Waals surface area (Å²) in [5.41, 5.74) is 0.869. The molecule has 1 aromatic rings. The van der Waals surface area contributed by atoms with Crippen LogP contribution in [0.1, 0.15) is 0 Å². The quantitative estimate of drug-likeness (QED) is 0.854. The van der Waals surface area contributed by atoms with Gasteiger partial charge in [0, 0.05) is 46.1 Å². The van der Waals surface area contributed by atoms with Crippen LogP contribution in [0.25, 0.3) is 0 Å². The fraction of sp³-hybridized carbons (Fsp3) is 0.500. The molecule has 1 unspecified atom stereocenters. The summed E-state index contributed by atoms with van der Waals surface area (Å²) in [5, 5.41) is 3.82. The fourth-order valence-electron chi connectivity index (χ4n) is 2.11. The molecule has 1 N–H and O–H groups in total. The predicted octanol–water partition coefficient (Wildman–Crippen LogP) is 0.601. The van der Waals surface area contributed by atoms with Gasteiger partial charge in [0.1, 0.15) is 6.04 Å². The Labute approximate surface area is 112 Å². The SMILES string of the molecule is CN(C)C(=O)C1CNCCN1c1ccncc1Cl. The van der Waals surface area contributed by atoms with Crippen molar-refractivity contribution < 1.29 is 4.79 Å². The van der Waals surface area contributed by atoms with Crippen molar-refractivity contribution in [3.05, 3.63) is 23.5 Å². The molecule has 1 saturated heterocycles. The molecule has 0 spiro atoms. The van der Waals surface area contributed by atoms with Gasteiger partial charge in [0.15, 0.2) is 0 Å². The van der Waals surface area contributed by atoms with E-state index in [0.29, 0.717) is 11.6 Å². The summed E-state index contributed by atoms with van der Waals surface area (Å²) >= 11 is 6.16. The van der Waals surface area contributed by atoms with Gasteiger partial charge < -0.3 is 15.1 Å². The van der Waals surface area contributed by atoms with Gasteiger partial charge in [-0.1, -0.05) is 11.6 Å². The molecule has 1 aliphatic heterocycles. The maximum absolute atomic E-state index is 12.2. The maximum atomic E-state index is 12.2. The Morgan fingerprint density at radius 1 is 1.61 bits per heavy atom. The van der Waals surface area contributed by atoms with Gasteiger partial charge in [-0.3, -0.25) is 9.78 Å². The number of rotatable bonds is 2. The van der Waals surface area contributed by atoms with Crippen molar-refractivity contribution in [2.75, 3.05) is 38.6 Å². The summed E-state index contributed by atoms with van der Waals surface area (Å²) in [6, 6.07) is 1.64. The van der Waals surface area contributed by atoms with Crippen LogP contribution in [0, 0.1) is 0 Å². The third kappa shape index (κ3) is 2.57. The van der Waals surface area contributed by atoms with E-state index in [9.17, 15) is 4.79 Å². The Morgan fingerprint density at radius 2 is 2.39 bits per heavy atom. The standard InChI is InChI=1S/C12H17ClN4O/c1-16(2)12(18)11-8-15-5-6-17(11)10-3-4-14-7-9(10)13/h3-4,7,11,15H,5-6,8H2,1-2H3. The van der Waals surface area contributed by atoms with Crippen LogP contribution in [0.3, 0.4) is 0 Å². The van der Waals surface area contributed by atoms with E-state index in [2.05, 4.69) is 10.3 Å². The van der Waals surface area contributed by atoms with E-state index in [1.54, 1.807) is 31.4 Å². The first-order valence-corrected chi connectivity index (χ1v) is 6.27. The van der Waals surface area contributed by atoms with Gasteiger partial charge in [0.2, 0.25) is 5.91 Å². The van der Waals surface area contributed by atoms with Crippen molar-refractivity contribution in [3.63, 3.8) is 0 Å². The van der Waals surface area contributed by atoms with Crippen LogP contribution in [0.4, 0.5) is 5.69 Å². The van der Waals surface area contributed by atoms with Crippen LogP contribution in [0.5, 0.6) is 0 Å². The molecular weight excluding hydrogens is 252 g/mol. The number of amides is 1. The minimum atomic E-state index is -0.214. The average Bonchev–Trinajstić information content (AvgIpc) is 2.38. The van der Waals surface area contributed by atoms with Crippen molar-refractivity contribution in [2.24, 2.45) is 0 Å². The molecule has 18 heavy (non-hydrogen) atoms. The number of carbonyl (C=O) groups is 1. The molecule has 0 aromatic carbocycles. The highest BCUT2D eigenvalue weighted by atomic mass is 35.5. The number of nitrogens with one attached hydrogen (secondary N) is 1. The molecule has 0 aliphatic carbocycles. The normalized spacial score (nSPS) is 19.7. The third-order valence-electron chi connectivity index (χ3n) is 3.03. The number of pyridine rings is 1. The molecule has 0 saturated carbocycles. The molecule has 1 amide bonds. The molecule has 0 bridgehead atoms. The first-order chi connectivity index (χ1) is 8.61. The predicted molar refractivity (Wildman–Crippen MR) is 71.9 cm³/mol. The Hall–Kier alpha value is -1.33. The minimum absolute atomic E-state index is 0.0788. The second kappa shape index (κ2) is 5.54. The lowest BCUT2D eigenvalue weighted by Crippen LogP contribution is -2.57. The van der Waals surface area contributed by atoms with E-state index in [-0.39, 0.29) is 11.9 Å². The van der Waals surface area contributed by atoms with Crippen molar-refractivity contribution in [1.29, 1.82) is 0 Å². The minimum Gasteiger partial charge on any atom is -0.356 e. The van der Waals surface area contributed by atoms with Crippen LogP contribution in [0.15, 0.2) is 18.5 Å². The van der Waals surface area contributed by atoms with Crippen molar-refractivity contribution in [3.8, 4) is 0 Å². The van der Waals surface area contributed by atoms with Crippen LogP contribution in [-0.4, -0.2) is 55.6 Å².